The van der Waals surface area contributed by atoms with Gasteiger partial charge in [-0.05, 0) is 49.1 Å². The van der Waals surface area contributed by atoms with Crippen molar-refractivity contribution in [3.8, 4) is 0 Å². The van der Waals surface area contributed by atoms with Crippen LogP contribution in [0.1, 0.15) is 24.8 Å². The highest BCUT2D eigenvalue weighted by Gasteiger charge is 2.26. The number of primary sulfonamides is 1. The van der Waals surface area contributed by atoms with Crippen LogP contribution in [0, 0.1) is 12.7 Å². The molecule has 1 heterocycles. The molecule has 0 unspecified atom stereocenters. The lowest BCUT2D eigenvalue weighted by Gasteiger charge is -2.15. The van der Waals surface area contributed by atoms with Crippen LogP contribution in [0.2, 0.25) is 0 Å². The van der Waals surface area contributed by atoms with Gasteiger partial charge in [0.2, 0.25) is 26.0 Å². The first kappa shape index (κ1) is 24.0. The zero-order valence-electron chi connectivity index (χ0n) is 18.1. The Morgan fingerprint density at radius 1 is 1.18 bits per heavy atom. The fraction of sp³-hybridized carbons (Fsp3) is 0.238. The fourth-order valence-corrected chi connectivity index (χ4v) is 5.38. The summed E-state index contributed by atoms with van der Waals surface area (Å²) in [5.74, 6) is -0.827. The average molecular weight is 507 g/mol. The molecule has 0 saturated heterocycles. The van der Waals surface area contributed by atoms with Crippen LogP contribution in [0.4, 0.5) is 21.8 Å². The Hall–Kier alpha value is -3.13. The van der Waals surface area contributed by atoms with Gasteiger partial charge in [0.25, 0.3) is 0 Å². The molecule has 34 heavy (non-hydrogen) atoms. The lowest BCUT2D eigenvalue weighted by molar-refractivity contribution is 0.589. The summed E-state index contributed by atoms with van der Waals surface area (Å²) in [6.07, 6.45) is 7.87. The Kier molecular flexibility index (Phi) is 6.53. The molecule has 1 aromatic heterocycles. The molecule has 4 rings (SSSR count). The molecule has 0 radical (unpaired) electrons. The van der Waals surface area contributed by atoms with E-state index in [1.807, 2.05) is 0 Å². The van der Waals surface area contributed by atoms with Crippen molar-refractivity contribution < 1.29 is 21.2 Å². The summed E-state index contributed by atoms with van der Waals surface area (Å²) in [5.41, 5.74) is 1.89. The number of rotatable bonds is 8. The zero-order chi connectivity index (χ0) is 24.5. The lowest BCUT2D eigenvalue weighted by atomic mass is 10.1. The summed E-state index contributed by atoms with van der Waals surface area (Å²) in [7, 11) is -7.48. The third kappa shape index (κ3) is 6.26. The predicted molar refractivity (Wildman–Crippen MR) is 126 cm³/mol. The van der Waals surface area contributed by atoms with E-state index in [1.165, 1.54) is 11.5 Å². The van der Waals surface area contributed by atoms with Crippen molar-refractivity contribution in [2.75, 3.05) is 10.6 Å². The smallest absolute Gasteiger partial charge is 0.238 e. The quantitative estimate of drug-likeness (QED) is 0.426. The van der Waals surface area contributed by atoms with Gasteiger partial charge >= 0.3 is 0 Å². The molecule has 0 spiro atoms. The van der Waals surface area contributed by atoms with Crippen molar-refractivity contribution in [3.63, 3.8) is 0 Å². The second-order valence-corrected chi connectivity index (χ2v) is 11.1. The standard InChI is InChI=1S/C21H23FN6O4S2/c1-13-5-6-17(10-19(13)34(23,31)32)26-21-24-11-18(22)20(27-21)25-16-4-2-3-14(9-16)12-33(29,30)28-15-7-8-15/h2-6,10-12,15,28H,7-9H2,1H3,(H2,23,31,32)(H2,24,25,26,27). The van der Waals surface area contributed by atoms with E-state index in [0.717, 1.165) is 19.0 Å². The van der Waals surface area contributed by atoms with Crippen molar-refractivity contribution in [2.24, 2.45) is 5.14 Å². The van der Waals surface area contributed by atoms with E-state index in [9.17, 15) is 21.2 Å². The molecule has 0 aliphatic heterocycles. The van der Waals surface area contributed by atoms with Gasteiger partial charge in [-0.3, -0.25) is 0 Å². The monoisotopic (exact) mass is 506 g/mol. The molecule has 1 aromatic carbocycles. The van der Waals surface area contributed by atoms with Gasteiger partial charge in [0.05, 0.1) is 11.1 Å². The summed E-state index contributed by atoms with van der Waals surface area (Å²) in [6, 6.07) is 4.53. The van der Waals surface area contributed by atoms with Crippen molar-refractivity contribution in [1.29, 1.82) is 0 Å². The number of nitrogens with one attached hydrogen (secondary N) is 3. The normalized spacial score (nSPS) is 17.5. The topological polar surface area (TPSA) is 156 Å². The Morgan fingerprint density at radius 3 is 2.65 bits per heavy atom. The first-order chi connectivity index (χ1) is 16.0. The summed E-state index contributed by atoms with van der Waals surface area (Å²) in [5, 5.41) is 12.1. The van der Waals surface area contributed by atoms with Crippen LogP contribution in [0.3, 0.4) is 0 Å². The highest BCUT2D eigenvalue weighted by Crippen LogP contribution is 2.25. The van der Waals surface area contributed by atoms with Gasteiger partial charge in [-0.1, -0.05) is 18.2 Å². The summed E-state index contributed by atoms with van der Waals surface area (Å²) < 4.78 is 64.9. The van der Waals surface area contributed by atoms with Crippen molar-refractivity contribution in [1.82, 2.24) is 14.7 Å². The van der Waals surface area contributed by atoms with Gasteiger partial charge in [-0.2, -0.15) is 4.98 Å². The predicted octanol–water partition coefficient (Wildman–Crippen LogP) is 2.54. The average Bonchev–Trinajstić information content (AvgIpc) is 3.54. The van der Waals surface area contributed by atoms with Crippen LogP contribution < -0.4 is 20.5 Å². The molecule has 2 aromatic rings. The molecule has 5 N–H and O–H groups in total. The van der Waals surface area contributed by atoms with Crippen LogP contribution in [0.25, 0.3) is 0 Å². The minimum Gasteiger partial charge on any atom is -0.341 e. The number of aromatic nitrogens is 2. The Bertz CT molecular complexity index is 1430. The molecule has 0 amide bonds. The molecule has 10 nitrogen and oxygen atoms in total. The lowest BCUT2D eigenvalue weighted by Crippen LogP contribution is -2.23. The van der Waals surface area contributed by atoms with Gasteiger partial charge < -0.3 is 10.6 Å². The van der Waals surface area contributed by atoms with Crippen LogP contribution >= 0.6 is 0 Å². The van der Waals surface area contributed by atoms with E-state index in [0.29, 0.717) is 22.5 Å². The number of nitrogens with zero attached hydrogens (tertiary/aromatic N) is 2. The second kappa shape index (κ2) is 9.25. The van der Waals surface area contributed by atoms with Crippen LogP contribution in [-0.2, 0) is 20.0 Å². The Morgan fingerprint density at radius 2 is 1.94 bits per heavy atom. The SMILES string of the molecule is Cc1ccc(Nc2ncc(F)c(NC3=CC=CC(=CS(=O)(=O)NC4CC4)C3)n2)cc1S(N)(=O)=O. The van der Waals surface area contributed by atoms with E-state index in [-0.39, 0.29) is 29.1 Å². The third-order valence-electron chi connectivity index (χ3n) is 4.99. The van der Waals surface area contributed by atoms with E-state index in [1.54, 1.807) is 37.3 Å². The number of sulfonamides is 2. The molecule has 0 atom stereocenters. The minimum atomic E-state index is -3.92. The minimum absolute atomic E-state index is 0.00170. The van der Waals surface area contributed by atoms with Gasteiger partial charge in [0.15, 0.2) is 11.6 Å². The largest absolute Gasteiger partial charge is 0.341 e. The van der Waals surface area contributed by atoms with Gasteiger partial charge in [-0.15, -0.1) is 0 Å². The maximum atomic E-state index is 14.4. The number of anilines is 3. The molecule has 0 bridgehead atoms. The van der Waals surface area contributed by atoms with Crippen LogP contribution in [0.15, 0.2) is 64.2 Å². The van der Waals surface area contributed by atoms with Gasteiger partial charge in [0, 0.05) is 29.3 Å². The first-order valence-corrected chi connectivity index (χ1v) is 13.4. The van der Waals surface area contributed by atoms with Gasteiger partial charge in [-0.25, -0.2) is 36.1 Å². The highest BCUT2D eigenvalue weighted by atomic mass is 32.2. The van der Waals surface area contributed by atoms with Crippen molar-refractivity contribution in [3.05, 3.63) is 70.7 Å². The molecular formula is C21H23FN6O4S2. The van der Waals surface area contributed by atoms with E-state index in [4.69, 9.17) is 5.14 Å². The van der Waals surface area contributed by atoms with E-state index in [2.05, 4.69) is 25.3 Å². The van der Waals surface area contributed by atoms with Crippen LogP contribution in [0.5, 0.6) is 0 Å². The first-order valence-electron chi connectivity index (χ1n) is 10.3. The van der Waals surface area contributed by atoms with Crippen molar-refractivity contribution >= 4 is 37.5 Å². The number of halogens is 1. The maximum absolute atomic E-state index is 14.4. The summed E-state index contributed by atoms with van der Waals surface area (Å²) >= 11 is 0. The second-order valence-electron chi connectivity index (χ2n) is 8.02. The molecule has 2 aliphatic carbocycles. The molecule has 1 fully saturated rings. The number of allylic oxidation sites excluding steroid dienone is 4. The molecule has 13 heteroatoms. The Labute approximate surface area is 197 Å². The summed E-state index contributed by atoms with van der Waals surface area (Å²) in [4.78, 5) is 7.95. The number of aryl methyl sites for hydroxylation is 1. The summed E-state index contributed by atoms with van der Waals surface area (Å²) in [6.45, 7) is 1.61. The Balaban J connectivity index is 1.50. The van der Waals surface area contributed by atoms with E-state index < -0.39 is 25.9 Å². The highest BCUT2D eigenvalue weighted by molar-refractivity contribution is 7.92. The third-order valence-corrected chi connectivity index (χ3v) is 7.32. The van der Waals surface area contributed by atoms with Crippen LogP contribution in [-0.4, -0.2) is 32.8 Å². The molecule has 180 valence electrons. The number of hydrogen-bond acceptors (Lipinski definition) is 8. The number of benzene rings is 1. The number of hydrogen-bond donors (Lipinski definition) is 4. The van der Waals surface area contributed by atoms with E-state index >= 15 is 0 Å². The fourth-order valence-electron chi connectivity index (χ4n) is 3.24. The molecular weight excluding hydrogens is 483 g/mol. The molecule has 2 aliphatic rings. The number of nitrogens with two attached hydrogens (primary N) is 1. The maximum Gasteiger partial charge on any atom is 0.238 e. The molecule has 1 saturated carbocycles. The van der Waals surface area contributed by atoms with Crippen molar-refractivity contribution in [2.45, 2.75) is 37.1 Å². The zero-order valence-corrected chi connectivity index (χ0v) is 19.7. The van der Waals surface area contributed by atoms with Gasteiger partial charge in [0.1, 0.15) is 0 Å².